The van der Waals surface area contributed by atoms with Crippen LogP contribution in [-0.2, 0) is 9.53 Å². The number of methoxy groups -OCH3 is 1. The Bertz CT molecular complexity index is 630. The van der Waals surface area contributed by atoms with E-state index >= 15 is 0 Å². The molecule has 1 atom stereocenters. The smallest absolute Gasteiger partial charge is 0.328 e. The largest absolute Gasteiger partial charge is 0.467 e. The fourth-order valence-corrected chi connectivity index (χ4v) is 1.98. The van der Waals surface area contributed by atoms with Crippen molar-refractivity contribution in [1.29, 1.82) is 0 Å². The zero-order chi connectivity index (χ0) is 16.1. The molecule has 2 aromatic rings. The van der Waals surface area contributed by atoms with Gasteiger partial charge in [0.15, 0.2) is 11.5 Å². The van der Waals surface area contributed by atoms with Gasteiger partial charge >= 0.3 is 5.97 Å². The van der Waals surface area contributed by atoms with Crippen molar-refractivity contribution in [3.8, 4) is 11.5 Å². The summed E-state index contributed by atoms with van der Waals surface area (Å²) in [6, 6.07) is 4.13. The first-order chi connectivity index (χ1) is 10.5. The third-order valence-electron chi connectivity index (χ3n) is 3.00. The molecule has 7 heteroatoms. The summed E-state index contributed by atoms with van der Waals surface area (Å²) in [7, 11) is 1.28. The van der Waals surface area contributed by atoms with Gasteiger partial charge in [0.25, 0.3) is 5.91 Å². The number of ether oxygens (including phenoxy) is 1. The Morgan fingerprint density at radius 1 is 1.36 bits per heavy atom. The molecule has 7 nitrogen and oxygen atoms in total. The molecule has 1 N–H and O–H groups in total. The second-order valence-corrected chi connectivity index (χ2v) is 5.23. The van der Waals surface area contributed by atoms with Gasteiger partial charge < -0.3 is 19.0 Å². The Labute approximate surface area is 127 Å². The monoisotopic (exact) mass is 306 g/mol. The van der Waals surface area contributed by atoms with Crippen LogP contribution in [0.4, 0.5) is 0 Å². The Hall–Kier alpha value is -2.57. The SMILES string of the molecule is COC(=O)C(CC(C)C)NC(=O)c1cc(-c2ccco2)on1. The molecule has 22 heavy (non-hydrogen) atoms. The molecule has 0 saturated carbocycles. The zero-order valence-corrected chi connectivity index (χ0v) is 12.7. The van der Waals surface area contributed by atoms with E-state index < -0.39 is 17.9 Å². The Morgan fingerprint density at radius 3 is 2.73 bits per heavy atom. The van der Waals surface area contributed by atoms with Crippen molar-refractivity contribution in [2.75, 3.05) is 7.11 Å². The molecule has 0 aromatic carbocycles. The standard InChI is InChI=1S/C15H18N2O5/c1-9(2)7-11(15(19)20-3)16-14(18)10-8-13(22-17-10)12-5-4-6-21-12/h4-6,8-9,11H,7H2,1-3H3,(H,16,18). The lowest BCUT2D eigenvalue weighted by atomic mass is 10.0. The predicted molar refractivity (Wildman–Crippen MR) is 76.9 cm³/mol. The van der Waals surface area contributed by atoms with Crippen LogP contribution in [0.5, 0.6) is 0 Å². The lowest BCUT2D eigenvalue weighted by Gasteiger charge is -2.17. The van der Waals surface area contributed by atoms with Gasteiger partial charge in [0, 0.05) is 6.07 Å². The first-order valence-electron chi connectivity index (χ1n) is 6.90. The fourth-order valence-electron chi connectivity index (χ4n) is 1.98. The van der Waals surface area contributed by atoms with Crippen LogP contribution in [0.3, 0.4) is 0 Å². The molecular weight excluding hydrogens is 288 g/mol. The lowest BCUT2D eigenvalue weighted by Crippen LogP contribution is -2.42. The summed E-state index contributed by atoms with van der Waals surface area (Å²) in [6.45, 7) is 3.90. The third kappa shape index (κ3) is 3.75. The summed E-state index contributed by atoms with van der Waals surface area (Å²) in [4.78, 5) is 23.9. The maximum absolute atomic E-state index is 12.2. The minimum Gasteiger partial charge on any atom is -0.467 e. The van der Waals surface area contributed by atoms with E-state index in [4.69, 9.17) is 13.7 Å². The number of hydrogen-bond donors (Lipinski definition) is 1. The summed E-state index contributed by atoms with van der Waals surface area (Å²) < 4.78 is 14.9. The van der Waals surface area contributed by atoms with Crippen LogP contribution in [0.2, 0.25) is 0 Å². The van der Waals surface area contributed by atoms with E-state index in [1.165, 1.54) is 19.4 Å². The van der Waals surface area contributed by atoms with Crippen molar-refractivity contribution in [3.63, 3.8) is 0 Å². The number of aromatic nitrogens is 1. The minimum atomic E-state index is -0.721. The molecule has 2 aromatic heterocycles. The van der Waals surface area contributed by atoms with Crippen LogP contribution >= 0.6 is 0 Å². The van der Waals surface area contributed by atoms with Crippen molar-refractivity contribution in [3.05, 3.63) is 30.2 Å². The van der Waals surface area contributed by atoms with Gasteiger partial charge in [-0.15, -0.1) is 0 Å². The predicted octanol–water partition coefficient (Wildman–Crippen LogP) is 2.25. The van der Waals surface area contributed by atoms with Gasteiger partial charge in [-0.2, -0.15) is 0 Å². The van der Waals surface area contributed by atoms with E-state index in [1.54, 1.807) is 12.1 Å². The number of carbonyl (C=O) groups excluding carboxylic acids is 2. The number of amides is 1. The number of esters is 1. The molecule has 1 amide bonds. The molecule has 2 heterocycles. The van der Waals surface area contributed by atoms with Gasteiger partial charge in [0.2, 0.25) is 5.76 Å². The number of nitrogens with zero attached hydrogens (tertiary/aromatic N) is 1. The van der Waals surface area contributed by atoms with Gasteiger partial charge in [-0.3, -0.25) is 4.79 Å². The normalized spacial score (nSPS) is 12.2. The number of nitrogens with one attached hydrogen (secondary N) is 1. The molecule has 0 spiro atoms. The second kappa shape index (κ2) is 6.93. The second-order valence-electron chi connectivity index (χ2n) is 5.23. The molecule has 0 aliphatic carbocycles. The highest BCUT2D eigenvalue weighted by Gasteiger charge is 2.25. The van der Waals surface area contributed by atoms with Crippen LogP contribution < -0.4 is 5.32 Å². The van der Waals surface area contributed by atoms with Crippen LogP contribution in [0, 0.1) is 5.92 Å². The molecule has 2 rings (SSSR count). The van der Waals surface area contributed by atoms with Crippen LogP contribution in [0.1, 0.15) is 30.8 Å². The van der Waals surface area contributed by atoms with Gasteiger partial charge in [-0.25, -0.2) is 4.79 Å². The summed E-state index contributed by atoms with van der Waals surface area (Å²) in [6.07, 6.45) is 1.97. The molecule has 1 unspecified atom stereocenters. The Morgan fingerprint density at radius 2 is 2.14 bits per heavy atom. The lowest BCUT2D eigenvalue weighted by molar-refractivity contribution is -0.143. The van der Waals surface area contributed by atoms with Crippen LogP contribution in [-0.4, -0.2) is 30.2 Å². The van der Waals surface area contributed by atoms with E-state index in [9.17, 15) is 9.59 Å². The number of furan rings is 1. The van der Waals surface area contributed by atoms with Crippen molar-refractivity contribution >= 4 is 11.9 Å². The van der Waals surface area contributed by atoms with Crippen LogP contribution in [0.25, 0.3) is 11.5 Å². The fraction of sp³-hybridized carbons (Fsp3) is 0.400. The first-order valence-corrected chi connectivity index (χ1v) is 6.90. The van der Waals surface area contributed by atoms with Crippen molar-refractivity contribution in [2.24, 2.45) is 5.92 Å². The maximum atomic E-state index is 12.2. The van der Waals surface area contributed by atoms with Crippen LogP contribution in [0.15, 0.2) is 33.4 Å². The average molecular weight is 306 g/mol. The van der Waals surface area contributed by atoms with Crippen molar-refractivity contribution < 1.29 is 23.3 Å². The summed E-state index contributed by atoms with van der Waals surface area (Å²) in [5.74, 6) is 0.0432. The Kier molecular flexibility index (Phi) is 4.98. The molecule has 0 fully saturated rings. The van der Waals surface area contributed by atoms with E-state index in [0.717, 1.165) is 0 Å². The average Bonchev–Trinajstić information content (AvgIpc) is 3.15. The molecule has 0 bridgehead atoms. The minimum absolute atomic E-state index is 0.0732. The molecule has 118 valence electrons. The summed E-state index contributed by atoms with van der Waals surface area (Å²) in [5, 5.41) is 6.30. The van der Waals surface area contributed by atoms with Crippen molar-refractivity contribution in [1.82, 2.24) is 10.5 Å². The quantitative estimate of drug-likeness (QED) is 0.822. The molecule has 0 aliphatic rings. The number of rotatable bonds is 6. The zero-order valence-electron chi connectivity index (χ0n) is 12.7. The molecule has 0 saturated heterocycles. The third-order valence-corrected chi connectivity index (χ3v) is 3.00. The van der Waals surface area contributed by atoms with E-state index in [0.29, 0.717) is 17.9 Å². The maximum Gasteiger partial charge on any atom is 0.328 e. The molecule has 0 aliphatic heterocycles. The van der Waals surface area contributed by atoms with E-state index in [-0.39, 0.29) is 11.6 Å². The molecule has 0 radical (unpaired) electrons. The first kappa shape index (κ1) is 15.8. The van der Waals surface area contributed by atoms with Gasteiger partial charge in [0.05, 0.1) is 13.4 Å². The van der Waals surface area contributed by atoms with E-state index in [2.05, 4.69) is 10.5 Å². The van der Waals surface area contributed by atoms with Gasteiger partial charge in [-0.05, 0) is 24.5 Å². The summed E-state index contributed by atoms with van der Waals surface area (Å²) in [5.41, 5.74) is 0.0732. The highest BCUT2D eigenvalue weighted by atomic mass is 16.5. The van der Waals surface area contributed by atoms with Gasteiger partial charge in [0.1, 0.15) is 6.04 Å². The number of carbonyl (C=O) groups is 2. The summed E-state index contributed by atoms with van der Waals surface area (Å²) >= 11 is 0. The van der Waals surface area contributed by atoms with E-state index in [1.807, 2.05) is 13.8 Å². The Balaban J connectivity index is 2.08. The van der Waals surface area contributed by atoms with Gasteiger partial charge in [-0.1, -0.05) is 19.0 Å². The van der Waals surface area contributed by atoms with Crippen molar-refractivity contribution in [2.45, 2.75) is 26.3 Å². The topological polar surface area (TPSA) is 94.6 Å². The highest BCUT2D eigenvalue weighted by Crippen LogP contribution is 2.20. The number of hydrogen-bond acceptors (Lipinski definition) is 6. The molecular formula is C15H18N2O5. The highest BCUT2D eigenvalue weighted by molar-refractivity contribution is 5.95.